The van der Waals surface area contributed by atoms with E-state index in [0.29, 0.717) is 13.0 Å². The van der Waals surface area contributed by atoms with Gasteiger partial charge in [-0.25, -0.2) is 8.42 Å². The SMILES string of the molecule is CC1=CCCN(S(=O)(=O)c2ccc(O)c([N+](=O)[O-])c2)C1. The minimum atomic E-state index is -3.79. The summed E-state index contributed by atoms with van der Waals surface area (Å²) < 4.78 is 26.1. The van der Waals surface area contributed by atoms with E-state index < -0.39 is 26.4 Å². The molecule has 2 rings (SSSR count). The molecule has 0 fully saturated rings. The highest BCUT2D eigenvalue weighted by molar-refractivity contribution is 7.89. The van der Waals surface area contributed by atoms with Crippen LogP contribution in [0.25, 0.3) is 0 Å². The Labute approximate surface area is 116 Å². The lowest BCUT2D eigenvalue weighted by Crippen LogP contribution is -2.35. The zero-order valence-electron chi connectivity index (χ0n) is 10.8. The second-order valence-electron chi connectivity index (χ2n) is 4.59. The van der Waals surface area contributed by atoms with Gasteiger partial charge in [-0.2, -0.15) is 4.31 Å². The Bertz CT molecular complexity index is 681. The maximum absolute atomic E-state index is 12.4. The van der Waals surface area contributed by atoms with E-state index in [0.717, 1.165) is 17.7 Å². The molecular formula is C12H14N2O5S. The molecule has 0 unspecified atom stereocenters. The van der Waals surface area contributed by atoms with Crippen LogP contribution < -0.4 is 0 Å². The lowest BCUT2D eigenvalue weighted by atomic mass is 10.2. The molecule has 0 spiro atoms. The van der Waals surface area contributed by atoms with Crippen LogP contribution in [0.15, 0.2) is 34.7 Å². The smallest absolute Gasteiger partial charge is 0.312 e. The van der Waals surface area contributed by atoms with Crippen LogP contribution in [0, 0.1) is 10.1 Å². The zero-order valence-corrected chi connectivity index (χ0v) is 11.6. The van der Waals surface area contributed by atoms with E-state index in [1.807, 2.05) is 13.0 Å². The summed E-state index contributed by atoms with van der Waals surface area (Å²) in [5, 5.41) is 20.1. The van der Waals surface area contributed by atoms with Crippen LogP contribution >= 0.6 is 0 Å². The molecule has 0 atom stereocenters. The molecule has 8 heteroatoms. The first-order valence-corrected chi connectivity index (χ1v) is 7.39. The molecule has 0 radical (unpaired) electrons. The molecular weight excluding hydrogens is 284 g/mol. The maximum Gasteiger partial charge on any atom is 0.312 e. The number of rotatable bonds is 3. The first-order valence-electron chi connectivity index (χ1n) is 5.95. The molecule has 7 nitrogen and oxygen atoms in total. The Morgan fingerprint density at radius 1 is 1.40 bits per heavy atom. The van der Waals surface area contributed by atoms with Gasteiger partial charge >= 0.3 is 5.69 Å². The molecule has 0 amide bonds. The summed E-state index contributed by atoms with van der Waals surface area (Å²) in [5.41, 5.74) is 0.323. The molecule has 1 aromatic carbocycles. The van der Waals surface area contributed by atoms with Crippen LogP contribution in [0.5, 0.6) is 5.75 Å². The number of nitrogens with zero attached hydrogens (tertiary/aromatic N) is 2. The highest BCUT2D eigenvalue weighted by Gasteiger charge is 2.28. The van der Waals surface area contributed by atoms with E-state index >= 15 is 0 Å². The van der Waals surface area contributed by atoms with E-state index in [2.05, 4.69) is 0 Å². The van der Waals surface area contributed by atoms with Gasteiger partial charge in [0.05, 0.1) is 9.82 Å². The number of hydrogen-bond acceptors (Lipinski definition) is 5. The van der Waals surface area contributed by atoms with Crippen molar-refractivity contribution >= 4 is 15.7 Å². The Kier molecular flexibility index (Phi) is 3.78. The van der Waals surface area contributed by atoms with Gasteiger partial charge in [0.15, 0.2) is 5.75 Å². The number of benzene rings is 1. The van der Waals surface area contributed by atoms with Gasteiger partial charge in [-0.05, 0) is 25.5 Å². The predicted molar refractivity (Wildman–Crippen MR) is 71.9 cm³/mol. The maximum atomic E-state index is 12.4. The van der Waals surface area contributed by atoms with Crippen molar-refractivity contribution in [3.8, 4) is 5.75 Å². The minimum absolute atomic E-state index is 0.184. The molecule has 0 aromatic heterocycles. The number of nitro benzene ring substituents is 1. The standard InChI is InChI=1S/C12H14N2O5S/c1-9-3-2-6-13(8-9)20(18,19)10-4-5-12(15)11(7-10)14(16)17/h3-5,7,15H,2,6,8H2,1H3. The Morgan fingerprint density at radius 2 is 2.10 bits per heavy atom. The summed E-state index contributed by atoms with van der Waals surface area (Å²) in [6.45, 7) is 2.45. The third-order valence-electron chi connectivity index (χ3n) is 3.08. The number of nitro groups is 1. The van der Waals surface area contributed by atoms with Gasteiger partial charge in [0.1, 0.15) is 0 Å². The summed E-state index contributed by atoms with van der Waals surface area (Å²) >= 11 is 0. The van der Waals surface area contributed by atoms with Gasteiger partial charge in [0.2, 0.25) is 10.0 Å². The fourth-order valence-electron chi connectivity index (χ4n) is 2.04. The fourth-order valence-corrected chi connectivity index (χ4v) is 3.56. The highest BCUT2D eigenvalue weighted by Crippen LogP contribution is 2.30. The number of aromatic hydroxyl groups is 1. The molecule has 20 heavy (non-hydrogen) atoms. The zero-order chi connectivity index (χ0) is 14.9. The Hall–Kier alpha value is -1.93. The average molecular weight is 298 g/mol. The molecule has 108 valence electrons. The number of sulfonamides is 1. The first kappa shape index (κ1) is 14.5. The summed E-state index contributed by atoms with van der Waals surface area (Å²) in [5.74, 6) is -0.552. The van der Waals surface area contributed by atoms with Crippen molar-refractivity contribution < 1.29 is 18.4 Å². The quantitative estimate of drug-likeness (QED) is 0.519. The van der Waals surface area contributed by atoms with Crippen molar-refractivity contribution in [2.45, 2.75) is 18.2 Å². The first-order chi connectivity index (χ1) is 9.32. The molecule has 0 saturated heterocycles. The van der Waals surface area contributed by atoms with E-state index in [-0.39, 0.29) is 11.4 Å². The largest absolute Gasteiger partial charge is 0.502 e. The van der Waals surface area contributed by atoms with Crippen LogP contribution in [0.1, 0.15) is 13.3 Å². The van der Waals surface area contributed by atoms with Crippen LogP contribution in [-0.2, 0) is 10.0 Å². The van der Waals surface area contributed by atoms with Crippen molar-refractivity contribution in [2.75, 3.05) is 13.1 Å². The predicted octanol–water partition coefficient (Wildman–Crippen LogP) is 1.64. The van der Waals surface area contributed by atoms with E-state index in [1.54, 1.807) is 0 Å². The van der Waals surface area contributed by atoms with Crippen molar-refractivity contribution in [3.63, 3.8) is 0 Å². The molecule has 1 aliphatic heterocycles. The summed E-state index contributed by atoms with van der Waals surface area (Å²) in [6.07, 6.45) is 2.58. The van der Waals surface area contributed by atoms with Crippen LogP contribution in [0.3, 0.4) is 0 Å². The van der Waals surface area contributed by atoms with Gasteiger partial charge in [-0.3, -0.25) is 10.1 Å². The van der Waals surface area contributed by atoms with Crippen molar-refractivity contribution in [1.29, 1.82) is 0 Å². The van der Waals surface area contributed by atoms with Gasteiger partial charge < -0.3 is 5.11 Å². The van der Waals surface area contributed by atoms with Crippen molar-refractivity contribution in [2.24, 2.45) is 0 Å². The highest BCUT2D eigenvalue weighted by atomic mass is 32.2. The third kappa shape index (κ3) is 2.66. The molecule has 1 aliphatic rings. The lowest BCUT2D eigenvalue weighted by molar-refractivity contribution is -0.386. The molecule has 0 saturated carbocycles. The van der Waals surface area contributed by atoms with Gasteiger partial charge in [-0.15, -0.1) is 0 Å². The topological polar surface area (TPSA) is 101 Å². The molecule has 0 bridgehead atoms. The summed E-state index contributed by atoms with van der Waals surface area (Å²) in [4.78, 5) is 9.76. The van der Waals surface area contributed by atoms with E-state index in [9.17, 15) is 23.6 Å². The number of phenols is 1. The van der Waals surface area contributed by atoms with Gasteiger partial charge in [-0.1, -0.05) is 11.6 Å². The molecule has 1 aromatic rings. The number of phenolic OH excluding ortho intramolecular Hbond substituents is 1. The van der Waals surface area contributed by atoms with E-state index in [4.69, 9.17) is 0 Å². The Balaban J connectivity index is 2.42. The fraction of sp³-hybridized carbons (Fsp3) is 0.333. The normalized spacial score (nSPS) is 16.8. The summed E-state index contributed by atoms with van der Waals surface area (Å²) in [6, 6.07) is 3.08. The van der Waals surface area contributed by atoms with Gasteiger partial charge in [0.25, 0.3) is 0 Å². The van der Waals surface area contributed by atoms with E-state index in [1.165, 1.54) is 10.4 Å². The van der Waals surface area contributed by atoms with Crippen molar-refractivity contribution in [3.05, 3.63) is 40.0 Å². The van der Waals surface area contributed by atoms with Crippen LogP contribution in [-0.4, -0.2) is 35.8 Å². The van der Waals surface area contributed by atoms with Crippen LogP contribution in [0.4, 0.5) is 5.69 Å². The van der Waals surface area contributed by atoms with Crippen molar-refractivity contribution in [1.82, 2.24) is 4.31 Å². The monoisotopic (exact) mass is 298 g/mol. The minimum Gasteiger partial charge on any atom is -0.502 e. The Morgan fingerprint density at radius 3 is 2.70 bits per heavy atom. The molecule has 1 heterocycles. The van der Waals surface area contributed by atoms with Gasteiger partial charge in [0, 0.05) is 19.2 Å². The summed E-state index contributed by atoms with van der Waals surface area (Å²) in [7, 11) is -3.79. The second-order valence-corrected chi connectivity index (χ2v) is 6.52. The third-order valence-corrected chi connectivity index (χ3v) is 4.92. The lowest BCUT2D eigenvalue weighted by Gasteiger charge is -2.25. The number of hydrogen-bond donors (Lipinski definition) is 1. The average Bonchev–Trinajstić information content (AvgIpc) is 2.38. The second kappa shape index (κ2) is 5.22. The van der Waals surface area contributed by atoms with Crippen LogP contribution in [0.2, 0.25) is 0 Å². The molecule has 0 aliphatic carbocycles. The molecule has 1 N–H and O–H groups in total.